The van der Waals surface area contributed by atoms with Gasteiger partial charge in [0.2, 0.25) is 0 Å². The van der Waals surface area contributed by atoms with Crippen molar-refractivity contribution in [2.75, 3.05) is 4.90 Å². The standard InChI is InChI=1S/C38H23N3/c1-2-11-27-23-28(20-19-24(27)9-1)37-38(40-32-17-6-5-16-31(32)39-37)41-33-18-8-13-26-12-7-15-30(35(26)33)36-29-14-4-3-10-25(29)21-22-34(36)41/h1-23H. The summed E-state index contributed by atoms with van der Waals surface area (Å²) in [5, 5.41) is 7.30. The molecule has 3 nitrogen and oxygen atoms in total. The Hall–Kier alpha value is -5.54. The maximum absolute atomic E-state index is 5.36. The van der Waals surface area contributed by atoms with Crippen molar-refractivity contribution in [1.29, 1.82) is 0 Å². The largest absolute Gasteiger partial charge is 0.292 e. The van der Waals surface area contributed by atoms with E-state index in [0.29, 0.717) is 0 Å². The van der Waals surface area contributed by atoms with Gasteiger partial charge in [-0.15, -0.1) is 0 Å². The minimum Gasteiger partial charge on any atom is -0.292 e. The number of hydrogen-bond donors (Lipinski definition) is 0. The van der Waals surface area contributed by atoms with Crippen LogP contribution in [0, 0.1) is 0 Å². The van der Waals surface area contributed by atoms with Crippen molar-refractivity contribution in [2.24, 2.45) is 0 Å². The van der Waals surface area contributed by atoms with E-state index in [0.717, 1.165) is 39.5 Å². The lowest BCUT2D eigenvalue weighted by Crippen LogP contribution is -2.18. The average molecular weight is 522 g/mol. The van der Waals surface area contributed by atoms with Crippen LogP contribution < -0.4 is 4.90 Å². The lowest BCUT2D eigenvalue weighted by atomic mass is 9.88. The average Bonchev–Trinajstić information content (AvgIpc) is 3.04. The van der Waals surface area contributed by atoms with Crippen LogP contribution >= 0.6 is 0 Å². The van der Waals surface area contributed by atoms with Crippen LogP contribution in [0.3, 0.4) is 0 Å². The molecule has 0 radical (unpaired) electrons. The molecule has 0 spiro atoms. The van der Waals surface area contributed by atoms with Crippen LogP contribution in [0.15, 0.2) is 140 Å². The molecule has 0 N–H and O–H groups in total. The quantitative estimate of drug-likeness (QED) is 0.227. The van der Waals surface area contributed by atoms with E-state index in [-0.39, 0.29) is 0 Å². The van der Waals surface area contributed by atoms with Crippen LogP contribution in [0.4, 0.5) is 17.2 Å². The van der Waals surface area contributed by atoms with Crippen LogP contribution in [0.1, 0.15) is 0 Å². The van der Waals surface area contributed by atoms with E-state index in [4.69, 9.17) is 9.97 Å². The summed E-state index contributed by atoms with van der Waals surface area (Å²) < 4.78 is 0. The molecule has 0 bridgehead atoms. The highest BCUT2D eigenvalue weighted by molar-refractivity contribution is 6.19. The van der Waals surface area contributed by atoms with Crippen LogP contribution in [-0.2, 0) is 0 Å². The number of rotatable bonds is 2. The minimum atomic E-state index is 0.831. The normalized spacial score (nSPS) is 12.3. The van der Waals surface area contributed by atoms with E-state index < -0.39 is 0 Å². The molecule has 1 aliphatic heterocycles. The molecule has 41 heavy (non-hydrogen) atoms. The maximum atomic E-state index is 5.36. The third-order valence-electron chi connectivity index (χ3n) is 8.33. The molecule has 2 heterocycles. The van der Waals surface area contributed by atoms with E-state index in [1.807, 2.05) is 18.2 Å². The van der Waals surface area contributed by atoms with E-state index in [2.05, 4.69) is 126 Å². The second kappa shape index (κ2) is 8.48. The Morgan fingerprint density at radius 2 is 1.15 bits per heavy atom. The number of benzene rings is 7. The predicted octanol–water partition coefficient (Wildman–Crippen LogP) is 10.2. The summed E-state index contributed by atoms with van der Waals surface area (Å²) in [6, 6.07) is 49.5. The summed E-state index contributed by atoms with van der Waals surface area (Å²) in [5.74, 6) is 0.831. The van der Waals surface area contributed by atoms with Gasteiger partial charge >= 0.3 is 0 Å². The molecule has 0 saturated heterocycles. The number of nitrogens with zero attached hydrogens (tertiary/aromatic N) is 3. The van der Waals surface area contributed by atoms with Crippen LogP contribution in [-0.4, -0.2) is 9.97 Å². The second-order valence-electron chi connectivity index (χ2n) is 10.6. The molecule has 1 aliphatic rings. The number of aromatic nitrogens is 2. The summed E-state index contributed by atoms with van der Waals surface area (Å²) in [6.07, 6.45) is 0. The molecule has 0 aliphatic carbocycles. The first-order valence-electron chi connectivity index (χ1n) is 13.9. The summed E-state index contributed by atoms with van der Waals surface area (Å²) >= 11 is 0. The van der Waals surface area contributed by atoms with Crippen molar-refractivity contribution in [3.05, 3.63) is 140 Å². The highest BCUT2D eigenvalue weighted by Crippen LogP contribution is 2.53. The molecule has 3 heteroatoms. The number of para-hydroxylation sites is 2. The van der Waals surface area contributed by atoms with Gasteiger partial charge in [0.25, 0.3) is 0 Å². The molecule has 0 fully saturated rings. The smallest absolute Gasteiger partial charge is 0.165 e. The molecule has 1 aromatic heterocycles. The molecule has 0 amide bonds. The van der Waals surface area contributed by atoms with Gasteiger partial charge in [-0.3, -0.25) is 4.90 Å². The summed E-state index contributed by atoms with van der Waals surface area (Å²) in [7, 11) is 0. The highest BCUT2D eigenvalue weighted by Gasteiger charge is 2.30. The number of hydrogen-bond acceptors (Lipinski definition) is 3. The summed E-state index contributed by atoms with van der Waals surface area (Å²) in [6.45, 7) is 0. The molecule has 0 saturated carbocycles. The van der Waals surface area contributed by atoms with Crippen molar-refractivity contribution in [3.63, 3.8) is 0 Å². The monoisotopic (exact) mass is 521 g/mol. The van der Waals surface area contributed by atoms with Gasteiger partial charge in [-0.1, -0.05) is 109 Å². The SMILES string of the molecule is c1ccc2cc(-c3nc4ccccc4nc3N3c4ccc5ccccc5c4-c4cccc5cccc3c45)ccc2c1. The molecule has 8 aromatic rings. The van der Waals surface area contributed by atoms with E-state index >= 15 is 0 Å². The van der Waals surface area contributed by atoms with Crippen LogP contribution in [0.2, 0.25) is 0 Å². The van der Waals surface area contributed by atoms with Gasteiger partial charge in [-0.2, -0.15) is 0 Å². The van der Waals surface area contributed by atoms with Crippen molar-refractivity contribution in [1.82, 2.24) is 9.97 Å². The Morgan fingerprint density at radius 3 is 2.02 bits per heavy atom. The fraction of sp³-hybridized carbons (Fsp3) is 0. The second-order valence-corrected chi connectivity index (χ2v) is 10.6. The molecule has 0 atom stereocenters. The number of fused-ring (bicyclic) bond motifs is 6. The summed E-state index contributed by atoms with van der Waals surface area (Å²) in [5.41, 5.74) is 8.38. The van der Waals surface area contributed by atoms with E-state index in [1.165, 1.54) is 43.4 Å². The molecular formula is C38H23N3. The fourth-order valence-electron chi connectivity index (χ4n) is 6.48. The Morgan fingerprint density at radius 1 is 0.463 bits per heavy atom. The topological polar surface area (TPSA) is 29.0 Å². The molecule has 7 aromatic carbocycles. The summed E-state index contributed by atoms with van der Waals surface area (Å²) in [4.78, 5) is 13.0. The Kier molecular flexibility index (Phi) is 4.61. The van der Waals surface area contributed by atoms with Crippen molar-refractivity contribution in [2.45, 2.75) is 0 Å². The van der Waals surface area contributed by atoms with Gasteiger partial charge < -0.3 is 0 Å². The zero-order valence-corrected chi connectivity index (χ0v) is 22.1. The van der Waals surface area contributed by atoms with Gasteiger partial charge in [-0.25, -0.2) is 9.97 Å². The Labute approximate surface area is 237 Å². The highest BCUT2D eigenvalue weighted by atomic mass is 15.2. The van der Waals surface area contributed by atoms with E-state index in [1.54, 1.807) is 0 Å². The zero-order chi connectivity index (χ0) is 26.9. The fourth-order valence-corrected chi connectivity index (χ4v) is 6.48. The Bertz CT molecular complexity index is 2330. The third-order valence-corrected chi connectivity index (χ3v) is 8.33. The van der Waals surface area contributed by atoms with Gasteiger partial charge in [0.1, 0.15) is 5.69 Å². The van der Waals surface area contributed by atoms with Crippen molar-refractivity contribution in [3.8, 4) is 22.4 Å². The number of anilines is 3. The van der Waals surface area contributed by atoms with Crippen molar-refractivity contribution < 1.29 is 0 Å². The first-order valence-corrected chi connectivity index (χ1v) is 13.9. The first kappa shape index (κ1) is 22.3. The molecule has 9 rings (SSSR count). The van der Waals surface area contributed by atoms with Crippen LogP contribution in [0.5, 0.6) is 0 Å². The van der Waals surface area contributed by atoms with E-state index in [9.17, 15) is 0 Å². The lowest BCUT2D eigenvalue weighted by molar-refractivity contribution is 1.18. The predicted molar refractivity (Wildman–Crippen MR) is 171 cm³/mol. The lowest BCUT2D eigenvalue weighted by Gasteiger charge is -2.34. The first-order chi connectivity index (χ1) is 20.3. The van der Waals surface area contributed by atoms with Crippen molar-refractivity contribution >= 4 is 60.5 Å². The van der Waals surface area contributed by atoms with Gasteiger partial charge in [0.05, 0.1) is 22.4 Å². The van der Waals surface area contributed by atoms with Gasteiger partial charge in [0.15, 0.2) is 5.82 Å². The van der Waals surface area contributed by atoms with Gasteiger partial charge in [-0.05, 0) is 62.8 Å². The Balaban J connectivity index is 1.43. The third kappa shape index (κ3) is 3.26. The molecule has 0 unspecified atom stereocenters. The van der Waals surface area contributed by atoms with Gasteiger partial charge in [0, 0.05) is 16.5 Å². The zero-order valence-electron chi connectivity index (χ0n) is 22.1. The minimum absolute atomic E-state index is 0.831. The van der Waals surface area contributed by atoms with Crippen LogP contribution in [0.25, 0.3) is 65.7 Å². The molecular weight excluding hydrogens is 498 g/mol. The maximum Gasteiger partial charge on any atom is 0.165 e. The molecule has 190 valence electrons.